The van der Waals surface area contributed by atoms with Crippen molar-refractivity contribution in [2.75, 3.05) is 25.0 Å². The molecule has 3 rings (SSSR count). The number of nitriles is 1. The third-order valence-electron chi connectivity index (χ3n) is 4.29. The van der Waals surface area contributed by atoms with Crippen LogP contribution in [0.15, 0.2) is 36.4 Å². The maximum Gasteiger partial charge on any atom is 0.490 e. The lowest BCUT2D eigenvalue weighted by Crippen LogP contribution is -2.34. The number of fused-ring (bicyclic) bond motifs is 1. The highest BCUT2D eigenvalue weighted by molar-refractivity contribution is 5.94. The first kappa shape index (κ1) is 22.7. The number of hydrogen-bond donors (Lipinski definition) is 1. The summed E-state index contributed by atoms with van der Waals surface area (Å²) in [4.78, 5) is 30.2. The van der Waals surface area contributed by atoms with Crippen molar-refractivity contribution in [1.29, 1.82) is 5.26 Å². The molecule has 0 unspecified atom stereocenters. The van der Waals surface area contributed by atoms with Gasteiger partial charge in [-0.15, -0.1) is 0 Å². The fourth-order valence-corrected chi connectivity index (χ4v) is 2.76. The van der Waals surface area contributed by atoms with Gasteiger partial charge in [0.15, 0.2) is 0 Å². The van der Waals surface area contributed by atoms with Crippen molar-refractivity contribution >= 4 is 17.7 Å². The van der Waals surface area contributed by atoms with E-state index in [1.54, 1.807) is 24.3 Å². The van der Waals surface area contributed by atoms with Crippen molar-refractivity contribution in [3.05, 3.63) is 58.8 Å². The average molecular weight is 420 g/mol. The molecule has 2 heterocycles. The first-order valence-corrected chi connectivity index (χ1v) is 8.80. The molecule has 0 radical (unpaired) electrons. The van der Waals surface area contributed by atoms with Gasteiger partial charge in [0, 0.05) is 43.5 Å². The number of carboxylic acid groups (broad SMARTS) is 1. The molecule has 10 heteroatoms. The molecule has 158 valence electrons. The number of nitrogens with zero attached hydrogens (tertiary/aromatic N) is 4. The maximum absolute atomic E-state index is 12.8. The van der Waals surface area contributed by atoms with Crippen molar-refractivity contribution in [3.8, 4) is 6.07 Å². The zero-order chi connectivity index (χ0) is 22.5. The lowest BCUT2D eigenvalue weighted by atomic mass is 10.1. The summed E-state index contributed by atoms with van der Waals surface area (Å²) in [7, 11) is 2.00. The fourth-order valence-electron chi connectivity index (χ4n) is 2.76. The number of amides is 1. The van der Waals surface area contributed by atoms with E-state index >= 15 is 0 Å². The smallest absolute Gasteiger partial charge is 0.475 e. The fraction of sp³-hybridized carbons (Fsp3) is 0.300. The number of aryl methyl sites for hydroxylation is 1. The summed E-state index contributed by atoms with van der Waals surface area (Å²) in [6.07, 6.45) is -5.08. The first-order valence-electron chi connectivity index (χ1n) is 8.80. The molecule has 0 aliphatic carbocycles. The van der Waals surface area contributed by atoms with Gasteiger partial charge >= 0.3 is 12.1 Å². The van der Waals surface area contributed by atoms with E-state index in [4.69, 9.17) is 15.2 Å². The minimum Gasteiger partial charge on any atom is -0.475 e. The number of rotatable bonds is 1. The van der Waals surface area contributed by atoms with Crippen molar-refractivity contribution in [3.63, 3.8) is 0 Å². The van der Waals surface area contributed by atoms with Gasteiger partial charge in [0.2, 0.25) is 0 Å². The summed E-state index contributed by atoms with van der Waals surface area (Å²) >= 11 is 0. The largest absolute Gasteiger partial charge is 0.490 e. The Bertz CT molecular complexity index is 986. The van der Waals surface area contributed by atoms with Gasteiger partial charge in [0.05, 0.1) is 11.6 Å². The highest BCUT2D eigenvalue weighted by Gasteiger charge is 2.38. The Morgan fingerprint density at radius 1 is 1.20 bits per heavy atom. The van der Waals surface area contributed by atoms with Crippen LogP contribution in [0, 0.1) is 18.3 Å². The third-order valence-corrected chi connectivity index (χ3v) is 4.29. The Morgan fingerprint density at radius 2 is 1.87 bits per heavy atom. The zero-order valence-electron chi connectivity index (χ0n) is 16.3. The van der Waals surface area contributed by atoms with Gasteiger partial charge in [-0.25, -0.2) is 9.78 Å². The van der Waals surface area contributed by atoms with E-state index in [1.165, 1.54) is 0 Å². The Balaban J connectivity index is 0.000000396. The van der Waals surface area contributed by atoms with E-state index in [1.807, 2.05) is 31.0 Å². The number of aliphatic carboxylic acids is 1. The number of carbonyl (C=O) groups is 2. The molecule has 2 aromatic rings. The molecular weight excluding hydrogens is 401 g/mol. The van der Waals surface area contributed by atoms with E-state index in [0.29, 0.717) is 24.2 Å². The van der Waals surface area contributed by atoms with E-state index in [0.717, 1.165) is 23.6 Å². The molecule has 30 heavy (non-hydrogen) atoms. The quantitative estimate of drug-likeness (QED) is 0.762. The molecule has 0 saturated heterocycles. The SMILES string of the molecule is Cc1ccc2c(n1)N(C)CCN(C(=O)c1cccc(C#N)c1)C2.O=C(O)C(F)(F)F. The van der Waals surface area contributed by atoms with Crippen molar-refractivity contribution in [2.24, 2.45) is 0 Å². The normalized spacial score (nSPS) is 13.3. The monoisotopic (exact) mass is 420 g/mol. The zero-order valence-corrected chi connectivity index (χ0v) is 16.3. The molecule has 1 aromatic carbocycles. The van der Waals surface area contributed by atoms with Crippen LogP contribution in [-0.2, 0) is 11.3 Å². The van der Waals surface area contributed by atoms with Crippen molar-refractivity contribution in [2.45, 2.75) is 19.6 Å². The molecule has 1 amide bonds. The van der Waals surface area contributed by atoms with Gasteiger partial charge in [-0.3, -0.25) is 4.79 Å². The predicted molar refractivity (Wildman–Crippen MR) is 102 cm³/mol. The Morgan fingerprint density at radius 3 is 2.47 bits per heavy atom. The van der Waals surface area contributed by atoms with Crippen LogP contribution >= 0.6 is 0 Å². The number of benzene rings is 1. The van der Waals surface area contributed by atoms with Crippen LogP contribution in [0.2, 0.25) is 0 Å². The lowest BCUT2D eigenvalue weighted by Gasteiger charge is -2.21. The molecule has 0 fully saturated rings. The number of anilines is 1. The topological polar surface area (TPSA) is 97.5 Å². The second-order valence-electron chi connectivity index (χ2n) is 6.58. The van der Waals surface area contributed by atoms with Gasteiger partial charge in [-0.2, -0.15) is 18.4 Å². The third kappa shape index (κ3) is 5.70. The number of carbonyl (C=O) groups excluding carboxylic acids is 1. The summed E-state index contributed by atoms with van der Waals surface area (Å²) in [5, 5.41) is 16.1. The van der Waals surface area contributed by atoms with Gasteiger partial charge in [0.25, 0.3) is 5.91 Å². The number of halogens is 3. The number of hydrogen-bond acceptors (Lipinski definition) is 5. The molecule has 0 spiro atoms. The van der Waals surface area contributed by atoms with Crippen molar-refractivity contribution in [1.82, 2.24) is 9.88 Å². The van der Waals surface area contributed by atoms with Crippen LogP contribution in [0.25, 0.3) is 0 Å². The van der Waals surface area contributed by atoms with Crippen LogP contribution in [0.5, 0.6) is 0 Å². The summed E-state index contributed by atoms with van der Waals surface area (Å²) in [6.45, 7) is 3.85. The molecule has 1 N–H and O–H groups in total. The highest BCUT2D eigenvalue weighted by atomic mass is 19.4. The number of likely N-dealkylation sites (N-methyl/N-ethyl adjacent to an activating group) is 1. The first-order chi connectivity index (χ1) is 14.0. The lowest BCUT2D eigenvalue weighted by molar-refractivity contribution is -0.192. The second-order valence-corrected chi connectivity index (χ2v) is 6.58. The molecule has 0 atom stereocenters. The van der Waals surface area contributed by atoms with E-state index in [2.05, 4.69) is 16.0 Å². The summed E-state index contributed by atoms with van der Waals surface area (Å²) in [5.41, 5.74) is 3.06. The molecule has 7 nitrogen and oxygen atoms in total. The van der Waals surface area contributed by atoms with Gasteiger partial charge in [-0.05, 0) is 31.2 Å². The molecule has 0 saturated carbocycles. The molecule has 1 aliphatic rings. The van der Waals surface area contributed by atoms with Crippen molar-refractivity contribution < 1.29 is 27.9 Å². The Kier molecular flexibility index (Phi) is 7.00. The molecule has 1 aromatic heterocycles. The van der Waals surface area contributed by atoms with Crippen LogP contribution in [0.3, 0.4) is 0 Å². The van der Waals surface area contributed by atoms with E-state index in [-0.39, 0.29) is 5.91 Å². The molecular formula is C20H19F3N4O3. The van der Waals surface area contributed by atoms with Gasteiger partial charge < -0.3 is 14.9 Å². The van der Waals surface area contributed by atoms with Crippen LogP contribution in [0.1, 0.15) is 27.2 Å². The average Bonchev–Trinajstić information content (AvgIpc) is 2.86. The summed E-state index contributed by atoms with van der Waals surface area (Å²) < 4.78 is 31.7. The predicted octanol–water partition coefficient (Wildman–Crippen LogP) is 2.99. The molecule has 1 aliphatic heterocycles. The highest BCUT2D eigenvalue weighted by Crippen LogP contribution is 2.23. The van der Waals surface area contributed by atoms with Crippen LogP contribution in [0.4, 0.5) is 19.0 Å². The minimum atomic E-state index is -5.08. The number of pyridine rings is 1. The van der Waals surface area contributed by atoms with Crippen LogP contribution < -0.4 is 4.90 Å². The van der Waals surface area contributed by atoms with E-state index in [9.17, 15) is 18.0 Å². The number of alkyl halides is 3. The number of carboxylic acids is 1. The summed E-state index contributed by atoms with van der Waals surface area (Å²) in [5.74, 6) is -1.87. The second kappa shape index (κ2) is 9.26. The maximum atomic E-state index is 12.8. The standard InChI is InChI=1S/C18H18N4O.C2HF3O2/c1-13-6-7-16-12-22(9-8-21(2)17(16)20-13)18(23)15-5-3-4-14(10-15)11-19;3-2(4,5)1(6)7/h3-7,10H,8-9,12H2,1-2H3;(H,6,7). The van der Waals surface area contributed by atoms with Gasteiger partial charge in [-0.1, -0.05) is 12.1 Å². The van der Waals surface area contributed by atoms with Gasteiger partial charge in [0.1, 0.15) is 5.82 Å². The molecule has 0 bridgehead atoms. The number of aromatic nitrogens is 1. The summed E-state index contributed by atoms with van der Waals surface area (Å²) in [6, 6.07) is 12.9. The van der Waals surface area contributed by atoms with Crippen LogP contribution in [-0.4, -0.2) is 53.2 Å². The van der Waals surface area contributed by atoms with E-state index < -0.39 is 12.1 Å². The Hall–Kier alpha value is -3.61. The Labute approximate surface area is 171 Å². The minimum absolute atomic E-state index is 0.0519.